The summed E-state index contributed by atoms with van der Waals surface area (Å²) in [6.07, 6.45) is 3.10. The van der Waals surface area contributed by atoms with Crippen molar-refractivity contribution >= 4 is 27.7 Å². The van der Waals surface area contributed by atoms with Gasteiger partial charge in [0.25, 0.3) is 0 Å². The first-order chi connectivity index (χ1) is 12.3. The molecule has 0 spiro atoms. The van der Waals surface area contributed by atoms with Crippen LogP contribution in [-0.2, 0) is 14.8 Å². The molecule has 0 aliphatic carbocycles. The van der Waals surface area contributed by atoms with Gasteiger partial charge in [0.15, 0.2) is 0 Å². The van der Waals surface area contributed by atoms with Crippen LogP contribution in [0.25, 0.3) is 6.08 Å². The van der Waals surface area contributed by atoms with Crippen molar-refractivity contribution in [1.29, 1.82) is 0 Å². The zero-order chi connectivity index (χ0) is 19.3. The molecular formula is C19H22N2O4S. The average molecular weight is 374 g/mol. The lowest BCUT2D eigenvalue weighted by Crippen LogP contribution is -2.22. The van der Waals surface area contributed by atoms with Gasteiger partial charge in [-0.2, -0.15) is 0 Å². The predicted octanol–water partition coefficient (Wildman–Crippen LogP) is 2.91. The van der Waals surface area contributed by atoms with Gasteiger partial charge < -0.3 is 10.1 Å². The highest BCUT2D eigenvalue weighted by atomic mass is 32.2. The Morgan fingerprint density at radius 2 is 1.85 bits per heavy atom. The summed E-state index contributed by atoms with van der Waals surface area (Å²) in [6, 6.07) is 12.0. The average Bonchev–Trinajstić information content (AvgIpc) is 2.60. The highest BCUT2D eigenvalue weighted by Gasteiger charge is 2.19. The van der Waals surface area contributed by atoms with Gasteiger partial charge in [-0.05, 0) is 42.3 Å². The van der Waals surface area contributed by atoms with Crippen molar-refractivity contribution < 1.29 is 17.9 Å². The summed E-state index contributed by atoms with van der Waals surface area (Å²) in [5.74, 6) is -0.00805. The molecule has 0 unspecified atom stereocenters. The van der Waals surface area contributed by atoms with E-state index in [4.69, 9.17) is 4.74 Å². The van der Waals surface area contributed by atoms with E-state index in [2.05, 4.69) is 5.32 Å². The fraction of sp³-hybridized carbons (Fsp3) is 0.211. The van der Waals surface area contributed by atoms with E-state index in [1.165, 1.54) is 45.5 Å². The second-order valence-electron chi connectivity index (χ2n) is 5.83. The summed E-state index contributed by atoms with van der Waals surface area (Å²) in [5.41, 5.74) is 2.27. The molecule has 0 heterocycles. The largest absolute Gasteiger partial charge is 0.495 e. The molecule has 0 atom stereocenters. The van der Waals surface area contributed by atoms with E-state index >= 15 is 0 Å². The lowest BCUT2D eigenvalue weighted by Gasteiger charge is -2.14. The minimum atomic E-state index is -3.61. The van der Waals surface area contributed by atoms with Gasteiger partial charge in [0.05, 0.1) is 17.7 Å². The summed E-state index contributed by atoms with van der Waals surface area (Å²) < 4.78 is 30.9. The summed E-state index contributed by atoms with van der Waals surface area (Å²) in [4.78, 5) is 12.3. The van der Waals surface area contributed by atoms with Gasteiger partial charge in [0.2, 0.25) is 15.9 Å². The normalized spacial score (nSPS) is 11.7. The summed E-state index contributed by atoms with van der Waals surface area (Å²) >= 11 is 0. The number of anilines is 1. The molecule has 1 N–H and O–H groups in total. The molecule has 0 aliphatic rings. The Morgan fingerprint density at radius 3 is 2.46 bits per heavy atom. The van der Waals surface area contributed by atoms with Crippen LogP contribution < -0.4 is 10.1 Å². The van der Waals surface area contributed by atoms with Crippen LogP contribution in [0.5, 0.6) is 5.75 Å². The van der Waals surface area contributed by atoms with Crippen LogP contribution in [0.1, 0.15) is 11.1 Å². The number of methoxy groups -OCH3 is 1. The molecule has 26 heavy (non-hydrogen) atoms. The number of amides is 1. The van der Waals surface area contributed by atoms with Crippen molar-refractivity contribution in [2.45, 2.75) is 11.8 Å². The summed E-state index contributed by atoms with van der Waals surface area (Å²) in [6.45, 7) is 1.95. The molecule has 1 amide bonds. The van der Waals surface area contributed by atoms with Crippen LogP contribution in [0, 0.1) is 6.92 Å². The maximum Gasteiger partial charge on any atom is 0.248 e. The van der Waals surface area contributed by atoms with E-state index < -0.39 is 10.0 Å². The second kappa shape index (κ2) is 8.16. The smallest absolute Gasteiger partial charge is 0.248 e. The molecule has 0 saturated carbocycles. The Labute approximate surface area is 154 Å². The topological polar surface area (TPSA) is 75.7 Å². The predicted molar refractivity (Wildman–Crippen MR) is 103 cm³/mol. The number of hydrogen-bond donors (Lipinski definition) is 1. The zero-order valence-electron chi connectivity index (χ0n) is 15.2. The summed E-state index contributed by atoms with van der Waals surface area (Å²) in [7, 11) is 0.734. The molecular weight excluding hydrogens is 352 g/mol. The number of ether oxygens (including phenoxy) is 1. The maximum atomic E-state index is 12.3. The zero-order valence-corrected chi connectivity index (χ0v) is 16.0. The number of carbonyl (C=O) groups excluding carboxylic acids is 1. The number of benzene rings is 2. The minimum absolute atomic E-state index is 0.0708. The van der Waals surface area contributed by atoms with Crippen molar-refractivity contribution in [2.75, 3.05) is 26.5 Å². The van der Waals surface area contributed by atoms with E-state index in [1.54, 1.807) is 6.08 Å². The van der Waals surface area contributed by atoms with Gasteiger partial charge in [-0.3, -0.25) is 4.79 Å². The fourth-order valence-electron chi connectivity index (χ4n) is 2.27. The van der Waals surface area contributed by atoms with Crippen LogP contribution in [0.15, 0.2) is 53.4 Å². The molecule has 6 nitrogen and oxygen atoms in total. The summed E-state index contributed by atoms with van der Waals surface area (Å²) in [5, 5.41) is 2.67. The Hall–Kier alpha value is -2.64. The number of nitrogens with zero attached hydrogens (tertiary/aromatic N) is 1. The monoisotopic (exact) mass is 374 g/mol. The Morgan fingerprint density at radius 1 is 1.15 bits per heavy atom. The number of carbonyl (C=O) groups is 1. The first-order valence-corrected chi connectivity index (χ1v) is 9.35. The van der Waals surface area contributed by atoms with Crippen molar-refractivity contribution in [3.8, 4) is 5.75 Å². The van der Waals surface area contributed by atoms with Gasteiger partial charge in [-0.1, -0.05) is 24.3 Å². The quantitative estimate of drug-likeness (QED) is 0.789. The highest BCUT2D eigenvalue weighted by molar-refractivity contribution is 7.89. The van der Waals surface area contributed by atoms with Crippen molar-refractivity contribution in [2.24, 2.45) is 0 Å². The fourth-order valence-corrected chi connectivity index (χ4v) is 3.20. The van der Waals surface area contributed by atoms with E-state index in [9.17, 15) is 13.2 Å². The van der Waals surface area contributed by atoms with Crippen molar-refractivity contribution in [1.82, 2.24) is 4.31 Å². The van der Waals surface area contributed by atoms with E-state index in [0.29, 0.717) is 5.75 Å². The van der Waals surface area contributed by atoms with Crippen molar-refractivity contribution in [3.63, 3.8) is 0 Å². The highest BCUT2D eigenvalue weighted by Crippen LogP contribution is 2.28. The number of aryl methyl sites for hydroxylation is 1. The lowest BCUT2D eigenvalue weighted by molar-refractivity contribution is -0.111. The molecule has 2 aromatic carbocycles. The Kier molecular flexibility index (Phi) is 6.18. The number of hydrogen-bond acceptors (Lipinski definition) is 4. The van der Waals surface area contributed by atoms with Gasteiger partial charge in [-0.15, -0.1) is 0 Å². The van der Waals surface area contributed by atoms with Gasteiger partial charge >= 0.3 is 0 Å². The number of sulfonamides is 1. The third kappa shape index (κ3) is 4.50. The van der Waals surface area contributed by atoms with Crippen LogP contribution in [0.3, 0.4) is 0 Å². The standard InChI is InChI=1S/C19H22N2O4S/c1-14-7-5-6-8-15(14)9-12-19(22)20-17-13-16(10-11-18(17)25-4)26(23,24)21(2)3/h5-13H,1-4H3,(H,20,22)/b12-9+. The minimum Gasteiger partial charge on any atom is -0.495 e. The van der Waals surface area contributed by atoms with Crippen LogP contribution in [-0.4, -0.2) is 39.8 Å². The van der Waals surface area contributed by atoms with Gasteiger partial charge in [0, 0.05) is 20.2 Å². The van der Waals surface area contributed by atoms with Crippen LogP contribution >= 0.6 is 0 Å². The molecule has 0 fully saturated rings. The maximum absolute atomic E-state index is 12.3. The van der Waals surface area contributed by atoms with Crippen LogP contribution in [0.4, 0.5) is 5.69 Å². The Bertz CT molecular complexity index is 934. The third-order valence-electron chi connectivity index (χ3n) is 3.81. The first kappa shape index (κ1) is 19.7. The molecule has 0 aliphatic heterocycles. The SMILES string of the molecule is COc1ccc(S(=O)(=O)N(C)C)cc1NC(=O)/C=C/c1ccccc1C. The molecule has 2 aromatic rings. The molecule has 7 heteroatoms. The second-order valence-corrected chi connectivity index (χ2v) is 7.98. The van der Waals surface area contributed by atoms with E-state index in [0.717, 1.165) is 15.4 Å². The molecule has 0 radical (unpaired) electrons. The lowest BCUT2D eigenvalue weighted by atomic mass is 10.1. The number of nitrogens with one attached hydrogen (secondary N) is 1. The Balaban J connectivity index is 2.27. The van der Waals surface area contributed by atoms with Crippen LogP contribution in [0.2, 0.25) is 0 Å². The van der Waals surface area contributed by atoms with Gasteiger partial charge in [-0.25, -0.2) is 12.7 Å². The third-order valence-corrected chi connectivity index (χ3v) is 5.62. The molecule has 2 rings (SSSR count). The van der Waals surface area contributed by atoms with E-state index in [-0.39, 0.29) is 16.5 Å². The molecule has 0 bridgehead atoms. The molecule has 0 saturated heterocycles. The van der Waals surface area contributed by atoms with E-state index in [1.807, 2.05) is 31.2 Å². The molecule has 0 aromatic heterocycles. The van der Waals surface area contributed by atoms with Gasteiger partial charge in [0.1, 0.15) is 5.75 Å². The number of rotatable bonds is 6. The van der Waals surface area contributed by atoms with Crippen molar-refractivity contribution in [3.05, 3.63) is 59.7 Å². The molecule has 138 valence electrons. The first-order valence-electron chi connectivity index (χ1n) is 7.91.